The van der Waals surface area contributed by atoms with Crippen LogP contribution in [0.2, 0.25) is 0 Å². The van der Waals surface area contributed by atoms with Crippen molar-refractivity contribution in [2.75, 3.05) is 27.3 Å². The molecular weight excluding hydrogens is 328 g/mol. The number of aromatic nitrogens is 1. The molecule has 0 aliphatic rings. The molecule has 0 saturated carbocycles. The number of nitrogens with zero attached hydrogens (tertiary/aromatic N) is 1. The van der Waals surface area contributed by atoms with Crippen LogP contribution in [0, 0.1) is 0 Å². The van der Waals surface area contributed by atoms with E-state index in [0.29, 0.717) is 13.1 Å². The first kappa shape index (κ1) is 18.3. The number of ether oxygens (including phenoxy) is 2. The van der Waals surface area contributed by atoms with Gasteiger partial charge in [0.25, 0.3) is 0 Å². The van der Waals surface area contributed by atoms with Gasteiger partial charge in [-0.05, 0) is 35.2 Å². The third kappa shape index (κ3) is 4.36. The van der Waals surface area contributed by atoms with Gasteiger partial charge < -0.3 is 24.5 Å². The lowest BCUT2D eigenvalue weighted by Gasteiger charge is -2.12. The number of hydrogen-bond acceptors (Lipinski definition) is 3. The molecule has 0 aliphatic heterocycles. The van der Waals surface area contributed by atoms with E-state index in [2.05, 4.69) is 34.1 Å². The molecular formula is C21H27N2O3+. The summed E-state index contributed by atoms with van der Waals surface area (Å²) in [5.41, 5.74) is 2.36. The third-order valence-electron chi connectivity index (χ3n) is 4.61. The second-order valence-electron chi connectivity index (χ2n) is 6.43. The number of rotatable bonds is 9. The van der Waals surface area contributed by atoms with Crippen molar-refractivity contribution in [3.63, 3.8) is 0 Å². The average Bonchev–Trinajstić information content (AvgIpc) is 3.08. The van der Waals surface area contributed by atoms with Crippen LogP contribution in [0.25, 0.3) is 10.9 Å². The van der Waals surface area contributed by atoms with Gasteiger partial charge in [0.05, 0.1) is 27.3 Å². The Bertz CT molecular complexity index is 844. The molecule has 0 aliphatic carbocycles. The number of aliphatic hydroxyl groups is 1. The number of fused-ring (bicyclic) bond motifs is 1. The van der Waals surface area contributed by atoms with Crippen molar-refractivity contribution < 1.29 is 19.9 Å². The molecule has 3 rings (SSSR count). The van der Waals surface area contributed by atoms with E-state index in [9.17, 15) is 5.11 Å². The molecule has 0 bridgehead atoms. The highest BCUT2D eigenvalue weighted by molar-refractivity contribution is 5.79. The van der Waals surface area contributed by atoms with Crippen LogP contribution < -0.4 is 14.8 Å². The van der Waals surface area contributed by atoms with E-state index in [1.807, 2.05) is 30.5 Å². The Morgan fingerprint density at radius 1 is 1.04 bits per heavy atom. The zero-order valence-corrected chi connectivity index (χ0v) is 15.4. The highest BCUT2D eigenvalue weighted by atomic mass is 16.5. The summed E-state index contributed by atoms with van der Waals surface area (Å²) in [5, 5.41) is 13.7. The minimum atomic E-state index is -0.379. The van der Waals surface area contributed by atoms with Crippen molar-refractivity contribution in [1.29, 1.82) is 0 Å². The number of aliphatic hydroxyl groups excluding tert-OH is 1. The van der Waals surface area contributed by atoms with Crippen LogP contribution in [0.1, 0.15) is 5.56 Å². The van der Waals surface area contributed by atoms with Crippen LogP contribution in [0.3, 0.4) is 0 Å². The highest BCUT2D eigenvalue weighted by Crippen LogP contribution is 2.27. The van der Waals surface area contributed by atoms with E-state index in [-0.39, 0.29) is 6.10 Å². The first-order valence-electron chi connectivity index (χ1n) is 8.95. The Hall–Kier alpha value is -2.50. The summed E-state index contributed by atoms with van der Waals surface area (Å²) in [5.74, 6) is 1.50. The van der Waals surface area contributed by atoms with Gasteiger partial charge in [-0.3, -0.25) is 0 Å². The van der Waals surface area contributed by atoms with E-state index in [1.165, 1.54) is 10.9 Å². The van der Waals surface area contributed by atoms with E-state index in [4.69, 9.17) is 9.47 Å². The number of methoxy groups -OCH3 is 2. The smallest absolute Gasteiger partial charge is 0.160 e. The van der Waals surface area contributed by atoms with Gasteiger partial charge in [-0.2, -0.15) is 0 Å². The molecule has 1 aromatic heterocycles. The van der Waals surface area contributed by atoms with Crippen molar-refractivity contribution in [2.24, 2.45) is 0 Å². The lowest BCUT2D eigenvalue weighted by atomic mass is 10.1. The molecule has 0 amide bonds. The summed E-state index contributed by atoms with van der Waals surface area (Å²) in [7, 11) is 3.29. The molecule has 5 nitrogen and oxygen atoms in total. The van der Waals surface area contributed by atoms with E-state index in [1.54, 1.807) is 14.2 Å². The maximum absolute atomic E-state index is 10.3. The molecule has 0 spiro atoms. The standard InChI is InChI=1S/C21H26N2O3/c1-25-20-8-7-16(13-21(20)26-2)9-11-22-14-18(24)15-23-12-10-17-5-3-4-6-19(17)23/h3-8,10,12-13,18,22,24H,9,11,14-15H2,1-2H3/p+1/t18-/m0/s1. The molecule has 0 unspecified atom stereocenters. The van der Waals surface area contributed by atoms with Crippen LogP contribution >= 0.6 is 0 Å². The van der Waals surface area contributed by atoms with Crippen molar-refractivity contribution in [3.8, 4) is 11.5 Å². The molecule has 3 N–H and O–H groups in total. The van der Waals surface area contributed by atoms with Crippen LogP contribution in [0.5, 0.6) is 11.5 Å². The van der Waals surface area contributed by atoms with Crippen LogP contribution in [-0.4, -0.2) is 43.1 Å². The number of quaternary nitrogens is 1. The summed E-state index contributed by atoms with van der Waals surface area (Å²) < 4.78 is 12.7. The van der Waals surface area contributed by atoms with Gasteiger partial charge in [-0.1, -0.05) is 24.3 Å². The lowest BCUT2D eigenvalue weighted by Crippen LogP contribution is -2.87. The summed E-state index contributed by atoms with van der Waals surface area (Å²) in [6.07, 6.45) is 2.58. The minimum absolute atomic E-state index is 0.379. The normalized spacial score (nSPS) is 12.3. The Balaban J connectivity index is 1.46. The van der Waals surface area contributed by atoms with Crippen molar-refractivity contribution in [2.45, 2.75) is 19.1 Å². The number of para-hydroxylation sites is 1. The Morgan fingerprint density at radius 2 is 1.85 bits per heavy atom. The quantitative estimate of drug-likeness (QED) is 0.576. The molecule has 3 aromatic rings. The van der Waals surface area contributed by atoms with Gasteiger partial charge in [-0.15, -0.1) is 0 Å². The Kier molecular flexibility index (Phi) is 6.15. The fourth-order valence-corrected chi connectivity index (χ4v) is 3.22. The molecule has 0 radical (unpaired) electrons. The second-order valence-corrected chi connectivity index (χ2v) is 6.43. The first-order chi connectivity index (χ1) is 12.7. The van der Waals surface area contributed by atoms with Crippen molar-refractivity contribution in [1.82, 2.24) is 4.57 Å². The highest BCUT2D eigenvalue weighted by Gasteiger charge is 2.10. The zero-order valence-electron chi connectivity index (χ0n) is 15.4. The number of benzene rings is 2. The molecule has 0 saturated heterocycles. The maximum Gasteiger partial charge on any atom is 0.160 e. The molecule has 5 heteroatoms. The average molecular weight is 355 g/mol. The van der Waals surface area contributed by atoms with Gasteiger partial charge in [0, 0.05) is 18.1 Å². The lowest BCUT2D eigenvalue weighted by molar-refractivity contribution is -0.660. The predicted octanol–water partition coefficient (Wildman–Crippen LogP) is 1.83. The zero-order chi connectivity index (χ0) is 18.4. The Labute approximate surface area is 154 Å². The predicted molar refractivity (Wildman–Crippen MR) is 103 cm³/mol. The largest absolute Gasteiger partial charge is 0.493 e. The van der Waals surface area contributed by atoms with Gasteiger partial charge >= 0.3 is 0 Å². The maximum atomic E-state index is 10.3. The van der Waals surface area contributed by atoms with Gasteiger partial charge in [0.15, 0.2) is 11.5 Å². The fourth-order valence-electron chi connectivity index (χ4n) is 3.22. The SMILES string of the molecule is COc1ccc(CC[NH2+]C[C@H](O)Cn2ccc3ccccc32)cc1OC. The molecule has 138 valence electrons. The number of nitrogens with two attached hydrogens (primary N) is 1. The number of hydrogen-bond donors (Lipinski definition) is 2. The van der Waals surface area contributed by atoms with Crippen LogP contribution in [-0.2, 0) is 13.0 Å². The van der Waals surface area contributed by atoms with Crippen LogP contribution in [0.15, 0.2) is 54.7 Å². The third-order valence-corrected chi connectivity index (χ3v) is 4.61. The monoisotopic (exact) mass is 355 g/mol. The summed E-state index contributed by atoms with van der Waals surface area (Å²) in [6.45, 7) is 2.21. The van der Waals surface area contributed by atoms with E-state index in [0.717, 1.165) is 30.0 Å². The van der Waals surface area contributed by atoms with Gasteiger partial charge in [0.1, 0.15) is 12.6 Å². The van der Waals surface area contributed by atoms with Crippen molar-refractivity contribution >= 4 is 10.9 Å². The van der Waals surface area contributed by atoms with Crippen LogP contribution in [0.4, 0.5) is 0 Å². The Morgan fingerprint density at radius 3 is 2.65 bits per heavy atom. The summed E-state index contributed by atoms with van der Waals surface area (Å²) in [4.78, 5) is 0. The van der Waals surface area contributed by atoms with E-state index < -0.39 is 0 Å². The second kappa shape index (κ2) is 8.74. The van der Waals surface area contributed by atoms with Gasteiger partial charge in [-0.25, -0.2) is 0 Å². The fraction of sp³-hybridized carbons (Fsp3) is 0.333. The minimum Gasteiger partial charge on any atom is -0.493 e. The molecule has 26 heavy (non-hydrogen) atoms. The molecule has 1 heterocycles. The summed E-state index contributed by atoms with van der Waals surface area (Å²) >= 11 is 0. The summed E-state index contributed by atoms with van der Waals surface area (Å²) in [6, 6.07) is 16.3. The van der Waals surface area contributed by atoms with Gasteiger partial charge in [0.2, 0.25) is 0 Å². The molecule has 0 fully saturated rings. The molecule has 1 atom stereocenters. The molecule has 2 aromatic carbocycles. The van der Waals surface area contributed by atoms with E-state index >= 15 is 0 Å². The first-order valence-corrected chi connectivity index (χ1v) is 8.95. The topological polar surface area (TPSA) is 60.2 Å². The van der Waals surface area contributed by atoms with Crippen molar-refractivity contribution in [3.05, 3.63) is 60.3 Å².